The zero-order valence-corrected chi connectivity index (χ0v) is 8.43. The van der Waals surface area contributed by atoms with Gasteiger partial charge in [0.25, 0.3) is 0 Å². The quantitative estimate of drug-likeness (QED) is 0.713. The maximum absolute atomic E-state index is 4.04. The fraction of sp³-hybridized carbons (Fsp3) is 0.667. The summed E-state index contributed by atoms with van der Waals surface area (Å²) in [6.45, 7) is 6.35. The second-order valence-corrected chi connectivity index (χ2v) is 4.23. The highest BCUT2D eigenvalue weighted by molar-refractivity contribution is 14.1. The van der Waals surface area contributed by atoms with Gasteiger partial charge in [0.2, 0.25) is 0 Å². The van der Waals surface area contributed by atoms with E-state index in [4.69, 9.17) is 0 Å². The van der Waals surface area contributed by atoms with E-state index in [1.54, 1.807) is 0 Å². The summed E-state index contributed by atoms with van der Waals surface area (Å²) in [6, 6.07) is 0. The number of H-pyrrole nitrogens is 1. The first-order valence-electron chi connectivity index (χ1n) is 3.08. The fourth-order valence-electron chi connectivity index (χ4n) is 0.695. The van der Waals surface area contributed by atoms with Gasteiger partial charge in [-0.15, -0.1) is 5.10 Å². The minimum atomic E-state index is 0.101. The maximum Gasteiger partial charge on any atom is 0.147 e. The molecule has 1 aromatic rings. The molecule has 0 spiro atoms. The minimum absolute atomic E-state index is 0.101. The summed E-state index contributed by atoms with van der Waals surface area (Å²) in [4.78, 5) is 0. The summed E-state index contributed by atoms with van der Waals surface area (Å²) in [5, 5.41) is 10.6. The monoisotopic (exact) mass is 251 g/mol. The average molecular weight is 251 g/mol. The maximum atomic E-state index is 4.04. The Kier molecular flexibility index (Phi) is 1.98. The number of nitrogens with zero attached hydrogens (tertiary/aromatic N) is 2. The van der Waals surface area contributed by atoms with Gasteiger partial charge in [0.1, 0.15) is 9.39 Å². The Hall–Kier alpha value is -0.130. The predicted octanol–water partition coefficient (Wildman–Crippen LogP) is 1.71. The summed E-state index contributed by atoms with van der Waals surface area (Å²) in [6.07, 6.45) is 0. The minimum Gasteiger partial charge on any atom is -0.197 e. The Balaban J connectivity index is 3.05. The SMILES string of the molecule is CC(C)(C)c1n[nH]nc1I. The van der Waals surface area contributed by atoms with Crippen LogP contribution in [-0.2, 0) is 5.41 Å². The Morgan fingerprint density at radius 2 is 1.90 bits per heavy atom. The molecule has 56 valence electrons. The van der Waals surface area contributed by atoms with Gasteiger partial charge in [-0.3, -0.25) is 0 Å². The number of halogens is 1. The molecule has 0 aliphatic heterocycles. The van der Waals surface area contributed by atoms with Crippen molar-refractivity contribution in [3.63, 3.8) is 0 Å². The van der Waals surface area contributed by atoms with Crippen LogP contribution in [0.2, 0.25) is 0 Å². The molecule has 1 N–H and O–H groups in total. The van der Waals surface area contributed by atoms with Crippen LogP contribution >= 0.6 is 22.6 Å². The topological polar surface area (TPSA) is 41.6 Å². The summed E-state index contributed by atoms with van der Waals surface area (Å²) in [5.41, 5.74) is 1.14. The molecule has 0 aliphatic carbocycles. The molecule has 0 unspecified atom stereocenters. The summed E-state index contributed by atoms with van der Waals surface area (Å²) in [5.74, 6) is 0. The molecule has 0 aromatic carbocycles. The van der Waals surface area contributed by atoms with Gasteiger partial charge in [0.05, 0.1) is 0 Å². The Morgan fingerprint density at radius 1 is 1.30 bits per heavy atom. The number of nitrogens with one attached hydrogen (secondary N) is 1. The van der Waals surface area contributed by atoms with Crippen LogP contribution in [0.25, 0.3) is 0 Å². The fourth-order valence-corrected chi connectivity index (χ4v) is 1.73. The smallest absolute Gasteiger partial charge is 0.147 e. The van der Waals surface area contributed by atoms with Gasteiger partial charge in [-0.2, -0.15) is 10.3 Å². The molecular weight excluding hydrogens is 241 g/mol. The lowest BCUT2D eigenvalue weighted by Gasteiger charge is -2.13. The van der Waals surface area contributed by atoms with Gasteiger partial charge < -0.3 is 0 Å². The lowest BCUT2D eigenvalue weighted by atomic mass is 9.93. The van der Waals surface area contributed by atoms with Crippen LogP contribution in [0.15, 0.2) is 0 Å². The first-order chi connectivity index (χ1) is 4.52. The molecule has 3 nitrogen and oxygen atoms in total. The van der Waals surface area contributed by atoms with E-state index in [1.165, 1.54) is 0 Å². The van der Waals surface area contributed by atoms with E-state index in [2.05, 4.69) is 58.8 Å². The number of aromatic amines is 1. The molecule has 1 aromatic heterocycles. The Bertz CT molecular complexity index is 223. The van der Waals surface area contributed by atoms with Crippen molar-refractivity contribution in [2.45, 2.75) is 26.2 Å². The van der Waals surface area contributed by atoms with E-state index in [-0.39, 0.29) is 5.41 Å². The summed E-state index contributed by atoms with van der Waals surface area (Å²) >= 11 is 2.18. The summed E-state index contributed by atoms with van der Waals surface area (Å²) < 4.78 is 0.963. The molecular formula is C6H10IN3. The van der Waals surface area contributed by atoms with Crippen LogP contribution in [-0.4, -0.2) is 15.4 Å². The van der Waals surface area contributed by atoms with E-state index in [0.29, 0.717) is 0 Å². The van der Waals surface area contributed by atoms with E-state index in [9.17, 15) is 0 Å². The van der Waals surface area contributed by atoms with Crippen molar-refractivity contribution in [2.24, 2.45) is 0 Å². The molecule has 0 saturated carbocycles. The van der Waals surface area contributed by atoms with Crippen LogP contribution < -0.4 is 0 Å². The van der Waals surface area contributed by atoms with Crippen LogP contribution in [0, 0.1) is 3.70 Å². The molecule has 1 heterocycles. The molecule has 10 heavy (non-hydrogen) atoms. The lowest BCUT2D eigenvalue weighted by molar-refractivity contribution is 0.563. The van der Waals surface area contributed by atoms with Crippen molar-refractivity contribution in [3.05, 3.63) is 9.39 Å². The normalized spacial score (nSPS) is 12.0. The molecule has 0 amide bonds. The van der Waals surface area contributed by atoms with Gasteiger partial charge in [0, 0.05) is 5.41 Å². The lowest BCUT2D eigenvalue weighted by Crippen LogP contribution is -2.13. The third kappa shape index (κ3) is 1.47. The van der Waals surface area contributed by atoms with Crippen molar-refractivity contribution in [1.82, 2.24) is 15.4 Å². The first kappa shape index (κ1) is 7.97. The molecule has 4 heteroatoms. The largest absolute Gasteiger partial charge is 0.197 e. The van der Waals surface area contributed by atoms with Crippen LogP contribution in [0.4, 0.5) is 0 Å². The zero-order chi connectivity index (χ0) is 7.78. The Labute approximate surface area is 73.7 Å². The van der Waals surface area contributed by atoms with Crippen molar-refractivity contribution in [2.75, 3.05) is 0 Å². The van der Waals surface area contributed by atoms with E-state index in [1.807, 2.05) is 0 Å². The van der Waals surface area contributed by atoms with E-state index < -0.39 is 0 Å². The molecule has 0 aliphatic rings. The number of hydrogen-bond donors (Lipinski definition) is 1. The van der Waals surface area contributed by atoms with Crippen LogP contribution in [0.5, 0.6) is 0 Å². The van der Waals surface area contributed by atoms with Crippen molar-refractivity contribution >= 4 is 22.6 Å². The number of rotatable bonds is 0. The molecule has 1 rings (SSSR count). The average Bonchev–Trinajstić information content (AvgIpc) is 2.11. The molecule has 0 radical (unpaired) electrons. The number of hydrogen-bond acceptors (Lipinski definition) is 2. The predicted molar refractivity (Wildman–Crippen MR) is 47.8 cm³/mol. The summed E-state index contributed by atoms with van der Waals surface area (Å²) in [7, 11) is 0. The molecule has 0 atom stereocenters. The third-order valence-corrected chi connectivity index (χ3v) is 1.97. The van der Waals surface area contributed by atoms with Gasteiger partial charge in [-0.25, -0.2) is 0 Å². The van der Waals surface area contributed by atoms with Crippen LogP contribution in [0.3, 0.4) is 0 Å². The Morgan fingerprint density at radius 3 is 2.10 bits per heavy atom. The number of aromatic nitrogens is 3. The van der Waals surface area contributed by atoms with Crippen molar-refractivity contribution < 1.29 is 0 Å². The molecule has 0 saturated heterocycles. The van der Waals surface area contributed by atoms with Crippen LogP contribution in [0.1, 0.15) is 26.5 Å². The van der Waals surface area contributed by atoms with Gasteiger partial charge >= 0.3 is 0 Å². The first-order valence-corrected chi connectivity index (χ1v) is 4.16. The zero-order valence-electron chi connectivity index (χ0n) is 6.27. The van der Waals surface area contributed by atoms with Crippen molar-refractivity contribution in [1.29, 1.82) is 0 Å². The molecule has 0 bridgehead atoms. The van der Waals surface area contributed by atoms with Gasteiger partial charge in [-0.1, -0.05) is 20.8 Å². The van der Waals surface area contributed by atoms with Gasteiger partial charge in [-0.05, 0) is 22.6 Å². The van der Waals surface area contributed by atoms with E-state index >= 15 is 0 Å². The van der Waals surface area contributed by atoms with Gasteiger partial charge in [0.15, 0.2) is 0 Å². The highest BCUT2D eigenvalue weighted by Crippen LogP contribution is 2.22. The third-order valence-electron chi connectivity index (χ3n) is 1.22. The highest BCUT2D eigenvalue weighted by Gasteiger charge is 2.20. The standard InChI is InChI=1S/C6H10IN3/c1-6(2,3)4-5(7)9-10-8-4/h1-3H3,(H,8,9,10). The highest BCUT2D eigenvalue weighted by atomic mass is 127. The second-order valence-electron chi connectivity index (χ2n) is 3.21. The van der Waals surface area contributed by atoms with E-state index in [0.717, 1.165) is 9.39 Å². The van der Waals surface area contributed by atoms with Crippen molar-refractivity contribution in [3.8, 4) is 0 Å². The molecule has 0 fully saturated rings. The second kappa shape index (κ2) is 2.48.